The van der Waals surface area contributed by atoms with Crippen molar-refractivity contribution in [3.63, 3.8) is 0 Å². The fourth-order valence-corrected chi connectivity index (χ4v) is 2.02. The molecule has 0 aliphatic rings. The first kappa shape index (κ1) is 12.4. The highest BCUT2D eigenvalue weighted by molar-refractivity contribution is 7.99. The summed E-state index contributed by atoms with van der Waals surface area (Å²) >= 11 is 1.75. The zero-order valence-corrected chi connectivity index (χ0v) is 10.4. The van der Waals surface area contributed by atoms with Crippen LogP contribution in [-0.2, 0) is 4.74 Å². The summed E-state index contributed by atoms with van der Waals surface area (Å²) in [5.41, 5.74) is 7.97. The lowest BCUT2D eigenvalue weighted by Crippen LogP contribution is -2.05. The molecule has 0 atom stereocenters. The minimum Gasteiger partial charge on any atom is -0.398 e. The molecule has 0 saturated carbocycles. The number of nitrogens with two attached hydrogens (primary N) is 1. The molecule has 0 aromatic heterocycles. The van der Waals surface area contributed by atoms with Crippen molar-refractivity contribution < 1.29 is 4.74 Å². The number of hydrogen-bond donors (Lipinski definition) is 1. The van der Waals surface area contributed by atoms with E-state index >= 15 is 0 Å². The average molecular weight is 225 g/mol. The Morgan fingerprint density at radius 3 is 2.73 bits per heavy atom. The molecular formula is C12H19NOS. The van der Waals surface area contributed by atoms with Crippen LogP contribution in [0, 0.1) is 6.92 Å². The zero-order chi connectivity index (χ0) is 11.3. The van der Waals surface area contributed by atoms with E-state index in [4.69, 9.17) is 10.5 Å². The molecule has 0 aliphatic heterocycles. The summed E-state index contributed by atoms with van der Waals surface area (Å²) in [4.78, 5) is 1.15. The standard InChI is InChI=1S/C12H19NOS/c1-9(2)14-6-7-15-12-5-4-10(3)8-11(12)13/h4-5,8-9H,6-7,13H2,1-3H3. The average Bonchev–Trinajstić information content (AvgIpc) is 2.14. The maximum Gasteiger partial charge on any atom is 0.0563 e. The second-order valence-electron chi connectivity index (χ2n) is 3.81. The molecule has 2 N–H and O–H groups in total. The lowest BCUT2D eigenvalue weighted by molar-refractivity contribution is 0.0920. The van der Waals surface area contributed by atoms with Crippen LogP contribution in [0.15, 0.2) is 23.1 Å². The van der Waals surface area contributed by atoms with Crippen LogP contribution in [0.5, 0.6) is 0 Å². The third kappa shape index (κ3) is 4.58. The minimum absolute atomic E-state index is 0.306. The Hall–Kier alpha value is -0.670. The molecule has 0 heterocycles. The van der Waals surface area contributed by atoms with Crippen molar-refractivity contribution in [1.82, 2.24) is 0 Å². The molecule has 0 saturated heterocycles. The third-order valence-corrected chi connectivity index (χ3v) is 3.01. The van der Waals surface area contributed by atoms with Gasteiger partial charge < -0.3 is 10.5 Å². The summed E-state index contributed by atoms with van der Waals surface area (Å²) in [5, 5.41) is 0. The number of aryl methyl sites for hydroxylation is 1. The third-order valence-electron chi connectivity index (χ3n) is 1.96. The number of benzene rings is 1. The van der Waals surface area contributed by atoms with Crippen molar-refractivity contribution in [2.45, 2.75) is 31.8 Å². The molecular weight excluding hydrogens is 206 g/mol. The number of hydrogen-bond acceptors (Lipinski definition) is 3. The highest BCUT2D eigenvalue weighted by atomic mass is 32.2. The molecule has 0 bridgehead atoms. The Balaban J connectivity index is 2.37. The Morgan fingerprint density at radius 2 is 2.13 bits per heavy atom. The van der Waals surface area contributed by atoms with Gasteiger partial charge >= 0.3 is 0 Å². The molecule has 0 unspecified atom stereocenters. The van der Waals surface area contributed by atoms with Crippen molar-refractivity contribution in [2.24, 2.45) is 0 Å². The summed E-state index contributed by atoms with van der Waals surface area (Å²) < 4.78 is 5.47. The van der Waals surface area contributed by atoms with Crippen LogP contribution in [0.2, 0.25) is 0 Å². The monoisotopic (exact) mass is 225 g/mol. The molecule has 3 heteroatoms. The molecule has 15 heavy (non-hydrogen) atoms. The number of anilines is 1. The predicted octanol–water partition coefficient (Wildman–Crippen LogP) is 3.09. The van der Waals surface area contributed by atoms with Crippen LogP contribution in [0.4, 0.5) is 5.69 Å². The van der Waals surface area contributed by atoms with E-state index in [1.807, 2.05) is 26.8 Å². The van der Waals surface area contributed by atoms with Crippen molar-refractivity contribution in [2.75, 3.05) is 18.1 Å². The lowest BCUT2D eigenvalue weighted by Gasteiger charge is -2.08. The fourth-order valence-electron chi connectivity index (χ4n) is 1.23. The normalized spacial score (nSPS) is 10.9. The Labute approximate surface area is 96.2 Å². The van der Waals surface area contributed by atoms with Gasteiger partial charge in [-0.3, -0.25) is 0 Å². The first-order valence-corrected chi connectivity index (χ1v) is 6.18. The molecule has 1 rings (SSSR count). The van der Waals surface area contributed by atoms with Crippen molar-refractivity contribution in [3.8, 4) is 0 Å². The second kappa shape index (κ2) is 6.03. The highest BCUT2D eigenvalue weighted by Gasteiger charge is 2.00. The van der Waals surface area contributed by atoms with E-state index < -0.39 is 0 Å². The van der Waals surface area contributed by atoms with Gasteiger partial charge in [-0.1, -0.05) is 6.07 Å². The van der Waals surface area contributed by atoms with Crippen LogP contribution in [0.25, 0.3) is 0 Å². The molecule has 0 aliphatic carbocycles. The van der Waals surface area contributed by atoms with E-state index in [-0.39, 0.29) is 0 Å². The van der Waals surface area contributed by atoms with E-state index in [2.05, 4.69) is 12.1 Å². The van der Waals surface area contributed by atoms with E-state index in [9.17, 15) is 0 Å². The maximum atomic E-state index is 5.90. The first-order chi connectivity index (χ1) is 7.09. The summed E-state index contributed by atoms with van der Waals surface area (Å²) in [6, 6.07) is 6.17. The van der Waals surface area contributed by atoms with Gasteiger partial charge in [0.1, 0.15) is 0 Å². The first-order valence-electron chi connectivity index (χ1n) is 5.20. The van der Waals surface area contributed by atoms with Gasteiger partial charge in [0, 0.05) is 16.3 Å². The van der Waals surface area contributed by atoms with Crippen LogP contribution >= 0.6 is 11.8 Å². The topological polar surface area (TPSA) is 35.2 Å². The van der Waals surface area contributed by atoms with Crippen molar-refractivity contribution >= 4 is 17.4 Å². The van der Waals surface area contributed by atoms with Crippen LogP contribution in [-0.4, -0.2) is 18.5 Å². The van der Waals surface area contributed by atoms with Gasteiger partial charge in [-0.2, -0.15) is 0 Å². The number of ether oxygens (including phenoxy) is 1. The van der Waals surface area contributed by atoms with Crippen LogP contribution in [0.1, 0.15) is 19.4 Å². The van der Waals surface area contributed by atoms with Gasteiger partial charge in [0.25, 0.3) is 0 Å². The van der Waals surface area contributed by atoms with Gasteiger partial charge in [-0.25, -0.2) is 0 Å². The van der Waals surface area contributed by atoms with E-state index in [1.54, 1.807) is 11.8 Å². The smallest absolute Gasteiger partial charge is 0.0563 e. The van der Waals surface area contributed by atoms with Gasteiger partial charge in [0.2, 0.25) is 0 Å². The number of nitrogen functional groups attached to an aromatic ring is 1. The quantitative estimate of drug-likeness (QED) is 0.475. The molecule has 0 amide bonds. The molecule has 1 aromatic carbocycles. The Morgan fingerprint density at radius 1 is 1.40 bits per heavy atom. The van der Waals surface area contributed by atoms with E-state index in [1.165, 1.54) is 5.56 Å². The number of thioether (sulfide) groups is 1. The predicted molar refractivity (Wildman–Crippen MR) is 67.4 cm³/mol. The molecule has 0 radical (unpaired) electrons. The van der Waals surface area contributed by atoms with E-state index in [0.717, 1.165) is 22.9 Å². The van der Waals surface area contributed by atoms with E-state index in [0.29, 0.717) is 6.10 Å². The maximum absolute atomic E-state index is 5.90. The van der Waals surface area contributed by atoms with Gasteiger partial charge in [-0.05, 0) is 38.5 Å². The minimum atomic E-state index is 0.306. The summed E-state index contributed by atoms with van der Waals surface area (Å²) in [6.45, 7) is 6.91. The lowest BCUT2D eigenvalue weighted by atomic mass is 10.2. The van der Waals surface area contributed by atoms with Crippen LogP contribution in [0.3, 0.4) is 0 Å². The molecule has 2 nitrogen and oxygen atoms in total. The Kier molecular flexibility index (Phi) is 4.99. The van der Waals surface area contributed by atoms with Gasteiger partial charge in [0.15, 0.2) is 0 Å². The summed E-state index contributed by atoms with van der Waals surface area (Å²) in [5.74, 6) is 0.950. The molecule has 1 aromatic rings. The zero-order valence-electron chi connectivity index (χ0n) is 9.62. The molecule has 0 spiro atoms. The SMILES string of the molecule is Cc1ccc(SCCOC(C)C)c(N)c1. The Bertz CT molecular complexity index is 312. The largest absolute Gasteiger partial charge is 0.398 e. The van der Waals surface area contributed by atoms with Gasteiger partial charge in [0.05, 0.1) is 12.7 Å². The van der Waals surface area contributed by atoms with Crippen molar-refractivity contribution in [3.05, 3.63) is 23.8 Å². The van der Waals surface area contributed by atoms with Crippen LogP contribution < -0.4 is 5.73 Å². The number of rotatable bonds is 5. The summed E-state index contributed by atoms with van der Waals surface area (Å²) in [7, 11) is 0. The molecule has 84 valence electrons. The highest BCUT2D eigenvalue weighted by Crippen LogP contribution is 2.25. The second-order valence-corrected chi connectivity index (χ2v) is 4.95. The molecule has 0 fully saturated rings. The fraction of sp³-hybridized carbons (Fsp3) is 0.500. The summed E-state index contributed by atoms with van der Waals surface area (Å²) in [6.07, 6.45) is 0.306. The van der Waals surface area contributed by atoms with Crippen molar-refractivity contribution in [1.29, 1.82) is 0 Å². The van der Waals surface area contributed by atoms with Gasteiger partial charge in [-0.15, -0.1) is 11.8 Å².